The molecule has 100 valence electrons. The molecular formula is C15H30N2. The second kappa shape index (κ2) is 6.19. The first-order chi connectivity index (χ1) is 8.24. The van der Waals surface area contributed by atoms with Gasteiger partial charge in [0.05, 0.1) is 0 Å². The normalized spacial score (nSPS) is 24.2. The van der Waals surface area contributed by atoms with Crippen LogP contribution in [-0.4, -0.2) is 38.1 Å². The summed E-state index contributed by atoms with van der Waals surface area (Å²) in [4.78, 5) is 2.61. The topological polar surface area (TPSA) is 15.3 Å². The van der Waals surface area contributed by atoms with Gasteiger partial charge in [0, 0.05) is 19.6 Å². The predicted molar refractivity (Wildman–Crippen MR) is 74.3 cm³/mol. The van der Waals surface area contributed by atoms with Gasteiger partial charge >= 0.3 is 0 Å². The molecule has 0 aliphatic heterocycles. The van der Waals surface area contributed by atoms with E-state index in [2.05, 4.69) is 24.2 Å². The zero-order valence-electron chi connectivity index (χ0n) is 11.8. The van der Waals surface area contributed by atoms with E-state index in [1.165, 1.54) is 64.6 Å². The van der Waals surface area contributed by atoms with Crippen LogP contribution in [0.5, 0.6) is 0 Å². The standard InChI is InChI=1S/C15H30N2/c1-3-16-12-15(9-5-4-6-10-15)13-17(2)11-14-7-8-14/h14,16H,3-13H2,1-2H3. The van der Waals surface area contributed by atoms with Crippen molar-refractivity contribution in [1.82, 2.24) is 10.2 Å². The molecule has 0 aromatic rings. The van der Waals surface area contributed by atoms with Crippen LogP contribution in [0.25, 0.3) is 0 Å². The Hall–Kier alpha value is -0.0800. The van der Waals surface area contributed by atoms with Crippen molar-refractivity contribution < 1.29 is 0 Å². The van der Waals surface area contributed by atoms with E-state index in [-0.39, 0.29) is 0 Å². The van der Waals surface area contributed by atoms with Crippen LogP contribution in [0.15, 0.2) is 0 Å². The Labute approximate surface area is 107 Å². The molecule has 0 bridgehead atoms. The number of hydrogen-bond acceptors (Lipinski definition) is 2. The highest BCUT2D eigenvalue weighted by atomic mass is 15.1. The second-order valence-electron chi connectivity index (χ2n) is 6.48. The molecule has 2 aliphatic carbocycles. The van der Waals surface area contributed by atoms with Gasteiger partial charge in [-0.3, -0.25) is 0 Å². The summed E-state index contributed by atoms with van der Waals surface area (Å²) in [5.41, 5.74) is 0.581. The average Bonchev–Trinajstić information content (AvgIpc) is 3.11. The van der Waals surface area contributed by atoms with Gasteiger partial charge in [0.25, 0.3) is 0 Å². The molecule has 17 heavy (non-hydrogen) atoms. The fraction of sp³-hybridized carbons (Fsp3) is 1.00. The summed E-state index contributed by atoms with van der Waals surface area (Å²) in [6, 6.07) is 0. The maximum absolute atomic E-state index is 3.61. The Morgan fingerprint density at radius 1 is 1.18 bits per heavy atom. The summed E-state index contributed by atoms with van der Waals surface area (Å²) in [6.45, 7) is 7.24. The Balaban J connectivity index is 1.83. The zero-order chi connectivity index (χ0) is 12.1. The highest BCUT2D eigenvalue weighted by molar-refractivity contribution is 4.88. The maximum Gasteiger partial charge on any atom is 0.00472 e. The highest BCUT2D eigenvalue weighted by Crippen LogP contribution is 2.37. The molecule has 2 saturated carbocycles. The van der Waals surface area contributed by atoms with Gasteiger partial charge in [-0.2, -0.15) is 0 Å². The van der Waals surface area contributed by atoms with Gasteiger partial charge in [0.15, 0.2) is 0 Å². The molecule has 0 aromatic carbocycles. The SMILES string of the molecule is CCNCC1(CN(C)CC2CC2)CCCCC1. The fourth-order valence-corrected chi connectivity index (χ4v) is 3.46. The fourth-order valence-electron chi connectivity index (χ4n) is 3.46. The van der Waals surface area contributed by atoms with Gasteiger partial charge in [-0.1, -0.05) is 26.2 Å². The van der Waals surface area contributed by atoms with Crippen LogP contribution in [-0.2, 0) is 0 Å². The van der Waals surface area contributed by atoms with Crippen molar-refractivity contribution in [3.05, 3.63) is 0 Å². The molecule has 2 nitrogen and oxygen atoms in total. The van der Waals surface area contributed by atoms with Gasteiger partial charge in [-0.05, 0) is 50.6 Å². The molecule has 0 radical (unpaired) electrons. The highest BCUT2D eigenvalue weighted by Gasteiger charge is 2.34. The molecule has 2 rings (SSSR count). The molecule has 2 fully saturated rings. The summed E-state index contributed by atoms with van der Waals surface area (Å²) < 4.78 is 0. The maximum atomic E-state index is 3.61. The zero-order valence-corrected chi connectivity index (χ0v) is 11.8. The van der Waals surface area contributed by atoms with Gasteiger partial charge in [0.1, 0.15) is 0 Å². The van der Waals surface area contributed by atoms with Crippen LogP contribution in [0.2, 0.25) is 0 Å². The van der Waals surface area contributed by atoms with Crippen LogP contribution >= 0.6 is 0 Å². The van der Waals surface area contributed by atoms with E-state index in [4.69, 9.17) is 0 Å². The van der Waals surface area contributed by atoms with Gasteiger partial charge in [0.2, 0.25) is 0 Å². The lowest BCUT2D eigenvalue weighted by Crippen LogP contribution is -2.44. The lowest BCUT2D eigenvalue weighted by Gasteiger charge is -2.40. The van der Waals surface area contributed by atoms with E-state index in [1.807, 2.05) is 0 Å². The van der Waals surface area contributed by atoms with Crippen LogP contribution in [0.4, 0.5) is 0 Å². The Kier molecular flexibility index (Phi) is 4.87. The van der Waals surface area contributed by atoms with Crippen molar-refractivity contribution in [2.75, 3.05) is 33.2 Å². The van der Waals surface area contributed by atoms with Crippen molar-refractivity contribution in [2.24, 2.45) is 11.3 Å². The lowest BCUT2D eigenvalue weighted by atomic mass is 9.73. The van der Waals surface area contributed by atoms with E-state index >= 15 is 0 Å². The van der Waals surface area contributed by atoms with E-state index in [9.17, 15) is 0 Å². The summed E-state index contributed by atoms with van der Waals surface area (Å²) >= 11 is 0. The van der Waals surface area contributed by atoms with Crippen LogP contribution in [0.3, 0.4) is 0 Å². The van der Waals surface area contributed by atoms with Gasteiger partial charge in [-0.15, -0.1) is 0 Å². The van der Waals surface area contributed by atoms with Crippen molar-refractivity contribution in [2.45, 2.75) is 51.9 Å². The minimum atomic E-state index is 0.581. The third-order valence-electron chi connectivity index (χ3n) is 4.54. The molecule has 2 aliphatic rings. The van der Waals surface area contributed by atoms with E-state index in [1.54, 1.807) is 0 Å². The lowest BCUT2D eigenvalue weighted by molar-refractivity contribution is 0.115. The molecule has 0 amide bonds. The van der Waals surface area contributed by atoms with E-state index in [0.29, 0.717) is 5.41 Å². The summed E-state index contributed by atoms with van der Waals surface area (Å²) in [6.07, 6.45) is 10.2. The van der Waals surface area contributed by atoms with Crippen LogP contribution in [0, 0.1) is 11.3 Å². The van der Waals surface area contributed by atoms with E-state index < -0.39 is 0 Å². The number of rotatable bonds is 7. The number of nitrogens with one attached hydrogen (secondary N) is 1. The first-order valence-electron chi connectivity index (χ1n) is 7.63. The third-order valence-corrected chi connectivity index (χ3v) is 4.54. The number of hydrogen-bond donors (Lipinski definition) is 1. The molecular weight excluding hydrogens is 208 g/mol. The Morgan fingerprint density at radius 3 is 2.47 bits per heavy atom. The quantitative estimate of drug-likeness (QED) is 0.733. The first-order valence-corrected chi connectivity index (χ1v) is 7.63. The molecule has 2 heteroatoms. The van der Waals surface area contributed by atoms with Crippen molar-refractivity contribution >= 4 is 0 Å². The minimum Gasteiger partial charge on any atom is -0.316 e. The van der Waals surface area contributed by atoms with E-state index in [0.717, 1.165) is 12.5 Å². The molecule has 1 N–H and O–H groups in total. The van der Waals surface area contributed by atoms with Crippen molar-refractivity contribution in [3.8, 4) is 0 Å². The van der Waals surface area contributed by atoms with Crippen molar-refractivity contribution in [1.29, 1.82) is 0 Å². The first kappa shape index (κ1) is 13.4. The van der Waals surface area contributed by atoms with Crippen LogP contribution < -0.4 is 5.32 Å². The second-order valence-corrected chi connectivity index (χ2v) is 6.48. The predicted octanol–water partition coefficient (Wildman–Crippen LogP) is 2.89. The molecule has 0 unspecified atom stereocenters. The smallest absolute Gasteiger partial charge is 0.00472 e. The molecule has 0 atom stereocenters. The Bertz CT molecular complexity index is 217. The summed E-state index contributed by atoms with van der Waals surface area (Å²) in [7, 11) is 2.33. The van der Waals surface area contributed by atoms with Crippen LogP contribution in [0.1, 0.15) is 51.9 Å². The molecule has 0 aromatic heterocycles. The Morgan fingerprint density at radius 2 is 1.88 bits per heavy atom. The molecule has 0 heterocycles. The van der Waals surface area contributed by atoms with Gasteiger partial charge in [-0.25, -0.2) is 0 Å². The largest absolute Gasteiger partial charge is 0.316 e. The van der Waals surface area contributed by atoms with Gasteiger partial charge < -0.3 is 10.2 Å². The number of nitrogens with zero attached hydrogens (tertiary/aromatic N) is 1. The summed E-state index contributed by atoms with van der Waals surface area (Å²) in [5.74, 6) is 1.03. The molecule has 0 saturated heterocycles. The minimum absolute atomic E-state index is 0.581. The monoisotopic (exact) mass is 238 g/mol. The summed E-state index contributed by atoms with van der Waals surface area (Å²) in [5, 5.41) is 3.61. The molecule has 0 spiro atoms. The van der Waals surface area contributed by atoms with Crippen molar-refractivity contribution in [3.63, 3.8) is 0 Å². The third kappa shape index (κ3) is 4.26. The average molecular weight is 238 g/mol.